The van der Waals surface area contributed by atoms with Crippen molar-refractivity contribution in [2.24, 2.45) is 0 Å². The van der Waals surface area contributed by atoms with E-state index in [2.05, 4.69) is 0 Å². The van der Waals surface area contributed by atoms with E-state index < -0.39 is 68.3 Å². The lowest BCUT2D eigenvalue weighted by atomic mass is 9.99. The van der Waals surface area contributed by atoms with E-state index in [4.69, 9.17) is 19.7 Å². The number of hydrogen-bond acceptors (Lipinski definition) is 11. The number of carbonyl (C=O) groups excluding carboxylic acids is 1. The average molecular weight is 342 g/mol. The molecule has 0 amide bonds. The van der Waals surface area contributed by atoms with Gasteiger partial charge in [0.25, 0.3) is 0 Å². The number of ether oxygens (including phenoxy) is 2. The van der Waals surface area contributed by atoms with E-state index in [1.54, 1.807) is 0 Å². The molecule has 0 radical (unpaired) electrons. The Morgan fingerprint density at radius 3 is 2.09 bits per heavy atom. The van der Waals surface area contributed by atoms with Gasteiger partial charge in [-0.05, 0) is 0 Å². The van der Waals surface area contributed by atoms with Crippen LogP contribution in [-0.2, 0) is 14.3 Å². The number of carbonyl (C=O) groups is 1. The molecule has 0 spiro atoms. The zero-order valence-corrected chi connectivity index (χ0v) is 12.0. The van der Waals surface area contributed by atoms with E-state index in [0.29, 0.717) is 0 Å². The minimum Gasteiger partial charge on any atom is -0.394 e. The van der Waals surface area contributed by atoms with Crippen molar-refractivity contribution in [2.45, 2.75) is 55.1 Å². The Morgan fingerprint density at radius 2 is 1.61 bits per heavy atom. The number of hydrogen-bond donors (Lipinski definition) is 8. The Balaban J connectivity index is 2.79. The van der Waals surface area contributed by atoms with E-state index in [-0.39, 0.29) is 6.29 Å². The third kappa shape index (κ3) is 4.64. The molecule has 1 aliphatic heterocycles. The number of aliphatic hydroxyl groups is 8. The maximum Gasteiger partial charge on any atom is 0.187 e. The van der Waals surface area contributed by atoms with Crippen molar-refractivity contribution in [3.63, 3.8) is 0 Å². The molecule has 9 atom stereocenters. The summed E-state index contributed by atoms with van der Waals surface area (Å²) in [7, 11) is 0. The first-order valence-corrected chi connectivity index (χ1v) is 6.84. The molecule has 0 aromatic carbocycles. The second-order valence-corrected chi connectivity index (χ2v) is 5.17. The summed E-state index contributed by atoms with van der Waals surface area (Å²) >= 11 is 0. The van der Waals surface area contributed by atoms with Gasteiger partial charge in [0.05, 0.1) is 13.2 Å². The third-order valence-corrected chi connectivity index (χ3v) is 3.54. The summed E-state index contributed by atoms with van der Waals surface area (Å²) in [5.41, 5.74) is 0. The first-order chi connectivity index (χ1) is 10.8. The van der Waals surface area contributed by atoms with Crippen LogP contribution in [0, 0.1) is 0 Å². The molecule has 1 saturated heterocycles. The van der Waals surface area contributed by atoms with Crippen molar-refractivity contribution in [3.05, 3.63) is 0 Å². The van der Waals surface area contributed by atoms with Crippen LogP contribution < -0.4 is 0 Å². The molecule has 0 aromatic heterocycles. The van der Waals surface area contributed by atoms with Gasteiger partial charge < -0.3 is 55.1 Å². The minimum absolute atomic E-state index is 0.0550. The Bertz CT molecular complexity index is 365. The van der Waals surface area contributed by atoms with Gasteiger partial charge in [0, 0.05) is 0 Å². The van der Waals surface area contributed by atoms with Crippen LogP contribution in [0.15, 0.2) is 0 Å². The molecule has 1 rings (SSSR count). The normalized spacial score (nSPS) is 37.0. The van der Waals surface area contributed by atoms with Crippen molar-refractivity contribution in [1.82, 2.24) is 0 Å². The molecule has 11 heteroatoms. The second kappa shape index (κ2) is 8.94. The molecule has 0 aliphatic carbocycles. The lowest BCUT2D eigenvalue weighted by Gasteiger charge is -2.41. The van der Waals surface area contributed by atoms with Crippen LogP contribution in [0.4, 0.5) is 0 Å². The molecular formula is C12H22O11. The van der Waals surface area contributed by atoms with Crippen molar-refractivity contribution in [2.75, 3.05) is 13.2 Å². The quantitative estimate of drug-likeness (QED) is 0.196. The molecule has 0 bridgehead atoms. The highest BCUT2D eigenvalue weighted by molar-refractivity contribution is 5.57. The average Bonchev–Trinajstić information content (AvgIpc) is 2.57. The summed E-state index contributed by atoms with van der Waals surface area (Å²) in [4.78, 5) is 11.0. The molecule has 1 heterocycles. The number of aliphatic hydroxyl groups excluding tert-OH is 8. The molecule has 0 unspecified atom stereocenters. The predicted octanol–water partition coefficient (Wildman–Crippen LogP) is -5.55. The summed E-state index contributed by atoms with van der Waals surface area (Å²) in [5, 5.41) is 75.2. The zero-order chi connectivity index (χ0) is 17.7. The lowest BCUT2D eigenvalue weighted by molar-refractivity contribution is -0.315. The first kappa shape index (κ1) is 20.3. The van der Waals surface area contributed by atoms with Gasteiger partial charge in [0.1, 0.15) is 48.8 Å². The highest BCUT2D eigenvalue weighted by Crippen LogP contribution is 2.23. The fraction of sp³-hybridized carbons (Fsp3) is 0.917. The molecule has 136 valence electrons. The Labute approximate surface area is 130 Å². The van der Waals surface area contributed by atoms with Crippen LogP contribution in [0.2, 0.25) is 0 Å². The fourth-order valence-corrected chi connectivity index (χ4v) is 2.06. The molecule has 8 N–H and O–H groups in total. The molecule has 0 aromatic rings. The van der Waals surface area contributed by atoms with Gasteiger partial charge in [0.2, 0.25) is 0 Å². The minimum atomic E-state index is -1.97. The van der Waals surface area contributed by atoms with E-state index in [1.165, 1.54) is 0 Å². The largest absolute Gasteiger partial charge is 0.394 e. The van der Waals surface area contributed by atoms with Gasteiger partial charge in [-0.25, -0.2) is 0 Å². The van der Waals surface area contributed by atoms with Crippen molar-refractivity contribution in [3.8, 4) is 0 Å². The smallest absolute Gasteiger partial charge is 0.187 e. The SMILES string of the molecule is O=C[C@@H](O[C@@H]1O[C@H](CO)[C@@H](O)[C@H](O)[C@H]1O)[C@H](O)[C@@H](O)[C@@H](O)CO. The summed E-state index contributed by atoms with van der Waals surface area (Å²) < 4.78 is 9.94. The van der Waals surface area contributed by atoms with E-state index in [9.17, 15) is 35.4 Å². The fourth-order valence-electron chi connectivity index (χ4n) is 2.06. The highest BCUT2D eigenvalue weighted by atomic mass is 16.7. The van der Waals surface area contributed by atoms with Gasteiger partial charge in [-0.2, -0.15) is 0 Å². The Hall–Kier alpha value is -0.730. The van der Waals surface area contributed by atoms with Gasteiger partial charge in [-0.3, -0.25) is 0 Å². The molecule has 11 nitrogen and oxygen atoms in total. The summed E-state index contributed by atoms with van der Waals surface area (Å²) in [6, 6.07) is 0. The molecule has 0 saturated carbocycles. The van der Waals surface area contributed by atoms with E-state index >= 15 is 0 Å². The first-order valence-electron chi connectivity index (χ1n) is 6.84. The highest BCUT2D eigenvalue weighted by Gasteiger charge is 2.46. The summed E-state index contributed by atoms with van der Waals surface area (Å²) in [5.74, 6) is 0. The van der Waals surface area contributed by atoms with Gasteiger partial charge in [-0.15, -0.1) is 0 Å². The lowest BCUT2D eigenvalue weighted by Crippen LogP contribution is -2.60. The zero-order valence-electron chi connectivity index (χ0n) is 12.0. The van der Waals surface area contributed by atoms with Crippen LogP contribution >= 0.6 is 0 Å². The topological polar surface area (TPSA) is 197 Å². The van der Waals surface area contributed by atoms with Gasteiger partial charge in [0.15, 0.2) is 12.6 Å². The van der Waals surface area contributed by atoms with Crippen molar-refractivity contribution in [1.29, 1.82) is 0 Å². The molecule has 1 aliphatic rings. The standard InChI is InChI=1S/C12H22O11/c13-1-4(16)7(17)8(18)5(2-14)22-12-11(21)10(20)9(19)6(3-15)23-12/h2,4-13,15-21H,1,3H2/t4-,5+,6+,7-,8-,9+,10-,11+,12+/m0/s1. The molecular weight excluding hydrogens is 320 g/mol. The number of aldehydes is 1. The predicted molar refractivity (Wildman–Crippen MR) is 69.8 cm³/mol. The summed E-state index contributed by atoms with van der Waals surface area (Å²) in [6.07, 6.45) is -15.5. The van der Waals surface area contributed by atoms with Crippen LogP contribution in [0.3, 0.4) is 0 Å². The molecule has 1 fully saturated rings. The maximum atomic E-state index is 11.0. The Morgan fingerprint density at radius 1 is 1.00 bits per heavy atom. The van der Waals surface area contributed by atoms with Crippen molar-refractivity contribution >= 4 is 6.29 Å². The van der Waals surface area contributed by atoms with Crippen molar-refractivity contribution < 1.29 is 55.1 Å². The summed E-state index contributed by atoms with van der Waals surface area (Å²) in [6.45, 7) is -1.60. The Kier molecular flexibility index (Phi) is 7.89. The van der Waals surface area contributed by atoms with Crippen LogP contribution in [-0.4, -0.2) is 115 Å². The second-order valence-electron chi connectivity index (χ2n) is 5.17. The maximum absolute atomic E-state index is 11.0. The van der Waals surface area contributed by atoms with Gasteiger partial charge >= 0.3 is 0 Å². The number of rotatable bonds is 8. The van der Waals surface area contributed by atoms with Crippen LogP contribution in [0.1, 0.15) is 0 Å². The van der Waals surface area contributed by atoms with Gasteiger partial charge in [-0.1, -0.05) is 0 Å². The van der Waals surface area contributed by atoms with E-state index in [0.717, 1.165) is 0 Å². The molecule has 23 heavy (non-hydrogen) atoms. The third-order valence-electron chi connectivity index (χ3n) is 3.54. The van der Waals surface area contributed by atoms with E-state index in [1.807, 2.05) is 0 Å². The monoisotopic (exact) mass is 342 g/mol. The van der Waals surface area contributed by atoms with Crippen LogP contribution in [0.25, 0.3) is 0 Å². The van der Waals surface area contributed by atoms with Crippen LogP contribution in [0.5, 0.6) is 0 Å².